The van der Waals surface area contributed by atoms with Gasteiger partial charge in [0.05, 0.1) is 11.8 Å². The molecule has 3 rings (SSSR count). The SMILES string of the molecule is CNCCC1CCN(c2nccc3c2ncn3C)CC1. The van der Waals surface area contributed by atoms with Gasteiger partial charge >= 0.3 is 0 Å². The van der Waals surface area contributed by atoms with Gasteiger partial charge in [-0.3, -0.25) is 0 Å². The molecule has 5 nitrogen and oxygen atoms in total. The van der Waals surface area contributed by atoms with E-state index in [-0.39, 0.29) is 0 Å². The predicted octanol–water partition coefficient (Wildman–Crippen LogP) is 1.79. The van der Waals surface area contributed by atoms with Gasteiger partial charge in [-0.25, -0.2) is 9.97 Å². The molecule has 0 amide bonds. The summed E-state index contributed by atoms with van der Waals surface area (Å²) in [7, 11) is 4.06. The van der Waals surface area contributed by atoms with E-state index in [1.54, 1.807) is 0 Å². The Bertz CT molecular complexity index is 569. The third kappa shape index (κ3) is 2.50. The van der Waals surface area contributed by atoms with Crippen molar-refractivity contribution in [3.8, 4) is 0 Å². The minimum atomic E-state index is 0.849. The number of hydrogen-bond donors (Lipinski definition) is 1. The first-order valence-electron chi connectivity index (χ1n) is 7.45. The highest BCUT2D eigenvalue weighted by Crippen LogP contribution is 2.28. The number of hydrogen-bond acceptors (Lipinski definition) is 4. The predicted molar refractivity (Wildman–Crippen MR) is 82.0 cm³/mol. The highest BCUT2D eigenvalue weighted by atomic mass is 15.2. The van der Waals surface area contributed by atoms with Gasteiger partial charge < -0.3 is 14.8 Å². The minimum Gasteiger partial charge on any atom is -0.355 e. The van der Waals surface area contributed by atoms with E-state index < -0.39 is 0 Å². The minimum absolute atomic E-state index is 0.849. The fourth-order valence-corrected chi connectivity index (χ4v) is 3.06. The van der Waals surface area contributed by atoms with Crippen molar-refractivity contribution in [2.24, 2.45) is 13.0 Å². The molecule has 0 radical (unpaired) electrons. The van der Waals surface area contributed by atoms with E-state index in [9.17, 15) is 0 Å². The van der Waals surface area contributed by atoms with Crippen molar-refractivity contribution in [2.75, 3.05) is 31.6 Å². The summed E-state index contributed by atoms with van der Waals surface area (Å²) in [6.45, 7) is 3.31. The van der Waals surface area contributed by atoms with Crippen molar-refractivity contribution < 1.29 is 0 Å². The Morgan fingerprint density at radius 3 is 2.85 bits per heavy atom. The summed E-state index contributed by atoms with van der Waals surface area (Å²) in [4.78, 5) is 11.5. The molecule has 0 unspecified atom stereocenters. The number of imidazole rings is 1. The molecule has 0 aromatic carbocycles. The Kier molecular flexibility index (Phi) is 3.87. The van der Waals surface area contributed by atoms with Crippen LogP contribution in [0.4, 0.5) is 5.82 Å². The molecule has 0 spiro atoms. The summed E-state index contributed by atoms with van der Waals surface area (Å²) in [6, 6.07) is 2.03. The lowest BCUT2D eigenvalue weighted by Crippen LogP contribution is -2.35. The van der Waals surface area contributed by atoms with Crippen LogP contribution in [-0.2, 0) is 7.05 Å². The summed E-state index contributed by atoms with van der Waals surface area (Å²) in [5, 5.41) is 3.25. The molecule has 1 aliphatic rings. The number of aromatic nitrogens is 3. The zero-order valence-corrected chi connectivity index (χ0v) is 12.3. The molecule has 0 bridgehead atoms. The molecule has 0 atom stereocenters. The number of aryl methyl sites for hydroxylation is 1. The summed E-state index contributed by atoms with van der Waals surface area (Å²) < 4.78 is 2.06. The van der Waals surface area contributed by atoms with Gasteiger partial charge in [0, 0.05) is 26.3 Å². The smallest absolute Gasteiger partial charge is 0.156 e. The second kappa shape index (κ2) is 5.79. The zero-order valence-electron chi connectivity index (χ0n) is 12.3. The van der Waals surface area contributed by atoms with Crippen LogP contribution in [0.15, 0.2) is 18.6 Å². The van der Waals surface area contributed by atoms with Gasteiger partial charge in [0.25, 0.3) is 0 Å². The average molecular weight is 273 g/mol. The fourth-order valence-electron chi connectivity index (χ4n) is 3.06. The Balaban J connectivity index is 1.73. The molecule has 1 aliphatic heterocycles. The van der Waals surface area contributed by atoms with Crippen LogP contribution in [0.5, 0.6) is 0 Å². The third-order valence-corrected chi connectivity index (χ3v) is 4.34. The summed E-state index contributed by atoms with van der Waals surface area (Å²) >= 11 is 0. The van der Waals surface area contributed by atoms with Crippen molar-refractivity contribution >= 4 is 16.9 Å². The normalized spacial score (nSPS) is 17.0. The van der Waals surface area contributed by atoms with Gasteiger partial charge in [-0.05, 0) is 44.8 Å². The fraction of sp³-hybridized carbons (Fsp3) is 0.600. The van der Waals surface area contributed by atoms with Crippen molar-refractivity contribution in [1.82, 2.24) is 19.9 Å². The first-order valence-corrected chi connectivity index (χ1v) is 7.45. The molecule has 0 aliphatic carbocycles. The van der Waals surface area contributed by atoms with E-state index in [0.717, 1.165) is 42.4 Å². The second-order valence-corrected chi connectivity index (χ2v) is 5.68. The van der Waals surface area contributed by atoms with Crippen molar-refractivity contribution in [3.63, 3.8) is 0 Å². The van der Waals surface area contributed by atoms with Gasteiger partial charge in [-0.2, -0.15) is 0 Å². The van der Waals surface area contributed by atoms with Crippen LogP contribution in [-0.4, -0.2) is 41.2 Å². The van der Waals surface area contributed by atoms with Crippen LogP contribution in [0.3, 0.4) is 0 Å². The molecule has 5 heteroatoms. The molecule has 2 aromatic rings. The van der Waals surface area contributed by atoms with Crippen LogP contribution in [0.25, 0.3) is 11.0 Å². The molecule has 1 N–H and O–H groups in total. The number of fused-ring (bicyclic) bond motifs is 1. The molecule has 108 valence electrons. The van der Waals surface area contributed by atoms with E-state index in [2.05, 4.69) is 24.8 Å². The quantitative estimate of drug-likeness (QED) is 0.922. The molecule has 3 heterocycles. The molecule has 2 aromatic heterocycles. The lowest BCUT2D eigenvalue weighted by molar-refractivity contribution is 0.377. The number of piperidine rings is 1. The van der Waals surface area contributed by atoms with Crippen LogP contribution < -0.4 is 10.2 Å². The number of pyridine rings is 1. The highest BCUT2D eigenvalue weighted by Gasteiger charge is 2.21. The summed E-state index contributed by atoms with van der Waals surface area (Å²) in [6.07, 6.45) is 7.56. The van der Waals surface area contributed by atoms with Gasteiger partial charge in [0.15, 0.2) is 5.82 Å². The Hall–Kier alpha value is -1.62. The Labute approximate surface area is 120 Å². The first kappa shape index (κ1) is 13.4. The maximum absolute atomic E-state index is 4.57. The Morgan fingerprint density at radius 2 is 2.10 bits per heavy atom. The van der Waals surface area contributed by atoms with Gasteiger partial charge in [-0.1, -0.05) is 0 Å². The topological polar surface area (TPSA) is 46.0 Å². The maximum Gasteiger partial charge on any atom is 0.156 e. The number of nitrogens with one attached hydrogen (secondary N) is 1. The third-order valence-electron chi connectivity index (χ3n) is 4.34. The standard InChI is InChI=1S/C15H23N5/c1-16-7-3-12-5-9-20(10-6-12)15-14-13(4-8-17-15)19(2)11-18-14/h4,8,11-12,16H,3,5-7,9-10H2,1-2H3. The molecule has 1 saturated heterocycles. The Morgan fingerprint density at radius 1 is 1.30 bits per heavy atom. The highest BCUT2D eigenvalue weighted by molar-refractivity contribution is 5.86. The van der Waals surface area contributed by atoms with Crippen LogP contribution in [0.2, 0.25) is 0 Å². The monoisotopic (exact) mass is 273 g/mol. The average Bonchev–Trinajstić information content (AvgIpc) is 2.87. The number of anilines is 1. The first-order chi connectivity index (χ1) is 9.79. The molecule has 20 heavy (non-hydrogen) atoms. The van der Waals surface area contributed by atoms with Crippen LogP contribution in [0, 0.1) is 5.92 Å². The van der Waals surface area contributed by atoms with Crippen molar-refractivity contribution in [2.45, 2.75) is 19.3 Å². The van der Waals surface area contributed by atoms with Gasteiger partial charge in [0.1, 0.15) is 5.52 Å². The van der Waals surface area contributed by atoms with E-state index >= 15 is 0 Å². The van der Waals surface area contributed by atoms with Crippen molar-refractivity contribution in [1.29, 1.82) is 0 Å². The number of rotatable bonds is 4. The van der Waals surface area contributed by atoms with E-state index in [4.69, 9.17) is 0 Å². The lowest BCUT2D eigenvalue weighted by Gasteiger charge is -2.32. The molecule has 1 fully saturated rings. The van der Waals surface area contributed by atoms with E-state index in [0.29, 0.717) is 0 Å². The number of nitrogens with zero attached hydrogens (tertiary/aromatic N) is 4. The largest absolute Gasteiger partial charge is 0.355 e. The van der Waals surface area contributed by atoms with E-state index in [1.165, 1.54) is 19.3 Å². The second-order valence-electron chi connectivity index (χ2n) is 5.68. The summed E-state index contributed by atoms with van der Waals surface area (Å²) in [5.74, 6) is 1.90. The summed E-state index contributed by atoms with van der Waals surface area (Å²) in [5.41, 5.74) is 2.19. The van der Waals surface area contributed by atoms with Gasteiger partial charge in [-0.15, -0.1) is 0 Å². The van der Waals surface area contributed by atoms with E-state index in [1.807, 2.05) is 32.7 Å². The van der Waals surface area contributed by atoms with Crippen LogP contribution >= 0.6 is 0 Å². The van der Waals surface area contributed by atoms with Gasteiger partial charge in [0.2, 0.25) is 0 Å². The molecular weight excluding hydrogens is 250 g/mol. The lowest BCUT2D eigenvalue weighted by atomic mass is 9.93. The maximum atomic E-state index is 4.57. The zero-order chi connectivity index (χ0) is 13.9. The van der Waals surface area contributed by atoms with Crippen LogP contribution in [0.1, 0.15) is 19.3 Å². The molecular formula is C15H23N5. The molecule has 0 saturated carbocycles. The van der Waals surface area contributed by atoms with Crippen molar-refractivity contribution in [3.05, 3.63) is 18.6 Å².